The Bertz CT molecular complexity index is 2920. The summed E-state index contributed by atoms with van der Waals surface area (Å²) in [5.74, 6) is 11.4. The number of nitrogens with one attached hydrogen (secondary N) is 2. The summed E-state index contributed by atoms with van der Waals surface area (Å²) in [7, 11) is 0. The Morgan fingerprint density at radius 3 is 2.39 bits per heavy atom. The number of fused-ring (bicyclic) bond motifs is 9. The number of hydrogen-bond donors (Lipinski definition) is 7. The number of aliphatic hydroxyl groups excluding tert-OH is 3. The van der Waals surface area contributed by atoms with Crippen LogP contribution in [0.25, 0.3) is 10.9 Å². The minimum Gasteiger partial charge on any atom is -0.508 e. The molecule has 11 heteroatoms. The van der Waals surface area contributed by atoms with Crippen molar-refractivity contribution in [3.05, 3.63) is 88.4 Å². The van der Waals surface area contributed by atoms with Crippen LogP contribution in [0.4, 0.5) is 0 Å². The summed E-state index contributed by atoms with van der Waals surface area (Å²) in [6.07, 6.45) is 30.0. The van der Waals surface area contributed by atoms with Crippen molar-refractivity contribution in [1.29, 1.82) is 0 Å². The van der Waals surface area contributed by atoms with Gasteiger partial charge in [-0.25, -0.2) is 0 Å². The summed E-state index contributed by atoms with van der Waals surface area (Å²) in [5, 5.41) is 51.6. The van der Waals surface area contributed by atoms with Gasteiger partial charge in [0.1, 0.15) is 23.7 Å². The molecule has 4 fully saturated rings. The van der Waals surface area contributed by atoms with E-state index in [-0.39, 0.29) is 59.5 Å². The van der Waals surface area contributed by atoms with Crippen molar-refractivity contribution in [3.63, 3.8) is 0 Å². The fourth-order valence-electron chi connectivity index (χ4n) is 17.0. The van der Waals surface area contributed by atoms with Crippen molar-refractivity contribution >= 4 is 16.7 Å². The summed E-state index contributed by atoms with van der Waals surface area (Å²) < 4.78 is 15.7. The molecular weight excluding hydrogens is 901 g/mol. The van der Waals surface area contributed by atoms with Crippen LogP contribution in [0, 0.1) is 63.8 Å². The molecule has 0 radical (unpaired) electrons. The number of aromatic hydroxyl groups is 1. The maximum atomic E-state index is 13.6. The van der Waals surface area contributed by atoms with E-state index in [1.165, 1.54) is 93.4 Å². The van der Waals surface area contributed by atoms with E-state index in [1.54, 1.807) is 6.07 Å². The number of aromatic amines is 1. The highest BCUT2D eigenvalue weighted by atomic mass is 16.5. The number of benzene rings is 2. The lowest BCUT2D eigenvalue weighted by Gasteiger charge is -2.62. The Balaban J connectivity index is 0.867. The number of aliphatic hydroxyl groups is 3. The molecule has 72 heavy (non-hydrogen) atoms. The van der Waals surface area contributed by atoms with Crippen LogP contribution in [0.5, 0.6) is 17.2 Å². The summed E-state index contributed by atoms with van der Waals surface area (Å²) in [6.45, 7) is 0.842. The van der Waals surface area contributed by atoms with Gasteiger partial charge in [0.05, 0.1) is 35.2 Å². The number of allylic oxidation sites excluding steroid dienone is 1. The van der Waals surface area contributed by atoms with Gasteiger partial charge in [0.25, 0.3) is 0 Å². The molecule has 0 amide bonds. The molecule has 9 aliphatic rings. The van der Waals surface area contributed by atoms with Crippen LogP contribution >= 0.6 is 0 Å². The molecule has 3 aliphatic heterocycles. The van der Waals surface area contributed by atoms with Gasteiger partial charge < -0.3 is 45.2 Å². The van der Waals surface area contributed by atoms with E-state index in [2.05, 4.69) is 75.5 Å². The molecular formula is C61H72N4O7. The molecule has 0 saturated heterocycles. The number of nitrogens with zero attached hydrogens (tertiary/aromatic N) is 1. The third-order valence-electron chi connectivity index (χ3n) is 20.5. The fraction of sp³-hybridized carbons (Fsp3) is 0.590. The fourth-order valence-corrected chi connectivity index (χ4v) is 17.0. The largest absolute Gasteiger partial charge is 0.508 e. The molecule has 8 N–H and O–H groups in total. The number of phenols is 1. The number of carbonyl (C=O) groups is 1. The number of nitrogens with two attached hydrogens (primary N) is 1. The predicted molar refractivity (Wildman–Crippen MR) is 275 cm³/mol. The van der Waals surface area contributed by atoms with Gasteiger partial charge in [0.15, 0.2) is 17.7 Å². The van der Waals surface area contributed by atoms with Gasteiger partial charge in [0, 0.05) is 67.2 Å². The minimum absolute atomic E-state index is 0.00699. The van der Waals surface area contributed by atoms with Gasteiger partial charge in [-0.3, -0.25) is 10.1 Å². The van der Waals surface area contributed by atoms with Crippen molar-refractivity contribution in [2.45, 2.75) is 177 Å². The van der Waals surface area contributed by atoms with Crippen molar-refractivity contribution in [1.82, 2.24) is 14.9 Å². The molecule has 4 aromatic rings. The first-order valence-corrected chi connectivity index (χ1v) is 27.9. The monoisotopic (exact) mass is 973 g/mol. The number of rotatable bonds is 7. The lowest BCUT2D eigenvalue weighted by molar-refractivity contribution is -0.122. The minimum atomic E-state index is -1.07. The Morgan fingerprint density at radius 1 is 0.861 bits per heavy atom. The first kappa shape index (κ1) is 46.8. The first-order chi connectivity index (χ1) is 35.1. The zero-order valence-corrected chi connectivity index (χ0v) is 41.6. The van der Waals surface area contributed by atoms with E-state index in [0.29, 0.717) is 35.5 Å². The predicted octanol–water partition coefficient (Wildman–Crippen LogP) is 10.1. The van der Waals surface area contributed by atoms with E-state index in [4.69, 9.17) is 15.2 Å². The molecule has 13 rings (SSSR count). The van der Waals surface area contributed by atoms with E-state index < -0.39 is 41.8 Å². The van der Waals surface area contributed by atoms with Crippen molar-refractivity contribution in [2.24, 2.45) is 45.7 Å². The van der Waals surface area contributed by atoms with E-state index >= 15 is 0 Å². The highest BCUT2D eigenvalue weighted by molar-refractivity contribution is 5.85. The Morgan fingerprint density at radius 2 is 1.61 bits per heavy atom. The molecule has 4 saturated carbocycles. The average Bonchev–Trinajstić information content (AvgIpc) is 4.25. The zero-order valence-electron chi connectivity index (χ0n) is 41.6. The van der Waals surface area contributed by atoms with Gasteiger partial charge in [0.2, 0.25) is 0 Å². The summed E-state index contributed by atoms with van der Waals surface area (Å²) >= 11 is 0. The Kier molecular flexibility index (Phi) is 11.8. The number of Topliss-reactive ketones (excluding diaryl/α,β-unsaturated/α-hetero) is 1. The van der Waals surface area contributed by atoms with Crippen LogP contribution in [-0.2, 0) is 11.2 Å². The normalized spacial score (nSPS) is 31.9. The molecule has 2 aromatic heterocycles. The number of aryl methyl sites for hydroxylation is 1. The van der Waals surface area contributed by atoms with Gasteiger partial charge in [-0.1, -0.05) is 99.8 Å². The number of phenolic OH excluding ortho intramolecular Hbond substituents is 1. The summed E-state index contributed by atoms with van der Waals surface area (Å²) in [5.41, 5.74) is 13.9. The van der Waals surface area contributed by atoms with Crippen LogP contribution in [0.15, 0.2) is 55.0 Å². The van der Waals surface area contributed by atoms with Crippen LogP contribution in [-0.4, -0.2) is 54.5 Å². The van der Waals surface area contributed by atoms with Gasteiger partial charge >= 0.3 is 0 Å². The van der Waals surface area contributed by atoms with Crippen molar-refractivity contribution < 1.29 is 34.7 Å². The maximum Gasteiger partial charge on any atom is 0.191 e. The topological polar surface area (TPSA) is 175 Å². The molecule has 6 aliphatic carbocycles. The molecule has 2 bridgehead atoms. The SMILES string of the molecule is N[C@@H]1NC[C@H]2c3c1ccc1c3[C@H](c3c[nH]c4cn(cc34)[C@H]3Oc4cc(CCC(=O)C[C@H](O)[C@H]5C=C[C@@H](C6CCCCC6)C[C@H]5O)c(O)cc4OC#CC4(CCCC4)[C@@H]3C#C[C@@H]1O)C1(CCCC1)C21CCCC1. The second kappa shape index (κ2) is 18.1. The van der Waals surface area contributed by atoms with E-state index in [1.807, 2.05) is 6.08 Å². The van der Waals surface area contributed by atoms with Crippen LogP contribution in [0.1, 0.15) is 192 Å². The molecule has 0 unspecified atom stereocenters. The quantitative estimate of drug-likeness (QED) is 0.0702. The molecule has 378 valence electrons. The van der Waals surface area contributed by atoms with Gasteiger partial charge in [-0.05, 0) is 126 Å². The Hall–Kier alpha value is -5.01. The van der Waals surface area contributed by atoms with E-state index in [9.17, 15) is 25.2 Å². The number of ether oxygens (including phenoxy) is 2. The van der Waals surface area contributed by atoms with Crippen molar-refractivity contribution in [2.75, 3.05) is 6.54 Å². The van der Waals surface area contributed by atoms with Gasteiger partial charge in [-0.15, -0.1) is 0 Å². The van der Waals surface area contributed by atoms with Crippen LogP contribution < -0.4 is 20.5 Å². The highest BCUT2D eigenvalue weighted by Crippen LogP contribution is 2.75. The number of ketones is 1. The number of aromatic nitrogens is 2. The van der Waals surface area contributed by atoms with Gasteiger partial charge in [-0.2, -0.15) is 0 Å². The summed E-state index contributed by atoms with van der Waals surface area (Å²) in [4.78, 5) is 17.4. The molecule has 11 nitrogen and oxygen atoms in total. The second-order valence-corrected chi connectivity index (χ2v) is 23.9. The number of carbonyl (C=O) groups excluding carboxylic acids is 1. The van der Waals surface area contributed by atoms with Crippen molar-refractivity contribution in [3.8, 4) is 41.1 Å². The molecule has 5 heterocycles. The maximum absolute atomic E-state index is 13.6. The lowest BCUT2D eigenvalue weighted by Crippen LogP contribution is -2.56. The molecule has 3 spiro atoms. The highest BCUT2D eigenvalue weighted by Gasteiger charge is 2.66. The zero-order chi connectivity index (χ0) is 48.9. The summed E-state index contributed by atoms with van der Waals surface area (Å²) in [6, 6.07) is 7.59. The van der Waals surface area contributed by atoms with E-state index in [0.717, 1.165) is 67.1 Å². The van der Waals surface area contributed by atoms with Crippen LogP contribution in [0.2, 0.25) is 0 Å². The first-order valence-electron chi connectivity index (χ1n) is 27.9. The molecule has 2 aromatic carbocycles. The smallest absolute Gasteiger partial charge is 0.191 e. The third kappa shape index (κ3) is 7.37. The Labute approximate surface area is 423 Å². The lowest BCUT2D eigenvalue weighted by atomic mass is 9.43. The molecule has 10 atom stereocenters. The average molecular weight is 973 g/mol. The second-order valence-electron chi connectivity index (χ2n) is 23.9. The van der Waals surface area contributed by atoms with Crippen LogP contribution in [0.3, 0.4) is 0 Å². The number of H-pyrrole nitrogens is 1. The number of hydrogen-bond acceptors (Lipinski definition) is 9. The third-order valence-corrected chi connectivity index (χ3v) is 20.5. The standard InChI is InChI=1S/C61H72N4O7/c62-57-42-17-16-41-48(67)19-18-45-58(65-34-44-43(32-63-47(44)35-65)56-55(41)54(42)46(33-64-57)60(22-6-7-23-60)61(56)24-8-9-25-61)72-53-29-38(49(68)31-52(53)71-27-26-59(45)20-4-5-21-59)12-14-39(66)30-51(70)40-15-13-37(28-50(40)69)36-10-2-1-3-11-36/h13,15-17,29,31-32,34-37,40,45-46,48,50-51,56-58,63-64,67-70H,1-12,14,20-25,28,30,33,62H2/t37-,40+,45-,46+,48+,50-,51+,56+,57-,58+/m1/s1.